The largest absolute Gasteiger partial charge is 0.393 e. The van der Waals surface area contributed by atoms with Gasteiger partial charge in [-0.05, 0) is 31.6 Å². The molecule has 12 heavy (non-hydrogen) atoms. The van der Waals surface area contributed by atoms with Crippen LogP contribution in [-0.4, -0.2) is 23.8 Å². The number of aliphatic hydroxyl groups excluding tert-OH is 1. The quantitative estimate of drug-likeness (QED) is 0.667. The molecule has 2 aliphatic carbocycles. The third kappa shape index (κ3) is 2.20. The van der Waals surface area contributed by atoms with E-state index in [1.807, 2.05) is 0 Å². The summed E-state index contributed by atoms with van der Waals surface area (Å²) in [6.45, 7) is 1.05. The van der Waals surface area contributed by atoms with Crippen molar-refractivity contribution in [2.75, 3.05) is 6.54 Å². The minimum atomic E-state index is -0.0231. The van der Waals surface area contributed by atoms with Crippen molar-refractivity contribution in [2.24, 2.45) is 5.92 Å². The van der Waals surface area contributed by atoms with Gasteiger partial charge in [0, 0.05) is 12.6 Å². The summed E-state index contributed by atoms with van der Waals surface area (Å²) >= 11 is 0. The van der Waals surface area contributed by atoms with E-state index in [1.54, 1.807) is 0 Å². The van der Waals surface area contributed by atoms with E-state index in [1.165, 1.54) is 32.1 Å². The van der Waals surface area contributed by atoms with Crippen molar-refractivity contribution in [2.45, 2.75) is 50.7 Å². The molecule has 0 aromatic carbocycles. The molecule has 2 heteroatoms. The van der Waals surface area contributed by atoms with Gasteiger partial charge in [-0.15, -0.1) is 0 Å². The molecule has 2 atom stereocenters. The number of hydrogen-bond acceptors (Lipinski definition) is 2. The Kier molecular flexibility index (Phi) is 2.66. The Labute approximate surface area is 74.4 Å². The molecule has 2 aliphatic rings. The maximum absolute atomic E-state index is 9.66. The van der Waals surface area contributed by atoms with Gasteiger partial charge in [-0.25, -0.2) is 0 Å². The molecule has 2 saturated carbocycles. The van der Waals surface area contributed by atoms with Crippen LogP contribution in [0.4, 0.5) is 0 Å². The average molecular weight is 169 g/mol. The molecule has 2 unspecified atom stereocenters. The van der Waals surface area contributed by atoms with E-state index in [9.17, 15) is 5.11 Å². The number of hydrogen-bond donors (Lipinski definition) is 2. The fraction of sp³-hybridized carbons (Fsp3) is 1.00. The van der Waals surface area contributed by atoms with Crippen LogP contribution >= 0.6 is 0 Å². The van der Waals surface area contributed by atoms with Crippen molar-refractivity contribution in [3.63, 3.8) is 0 Å². The zero-order valence-electron chi connectivity index (χ0n) is 7.63. The third-order valence-corrected chi connectivity index (χ3v) is 3.12. The predicted octanol–water partition coefficient (Wildman–Crippen LogP) is 1.29. The molecule has 2 fully saturated rings. The van der Waals surface area contributed by atoms with Crippen molar-refractivity contribution in [3.05, 3.63) is 0 Å². The van der Waals surface area contributed by atoms with Gasteiger partial charge in [0.2, 0.25) is 0 Å². The van der Waals surface area contributed by atoms with E-state index >= 15 is 0 Å². The van der Waals surface area contributed by atoms with Gasteiger partial charge < -0.3 is 10.4 Å². The predicted molar refractivity (Wildman–Crippen MR) is 49.0 cm³/mol. The minimum absolute atomic E-state index is 0.0231. The van der Waals surface area contributed by atoms with E-state index < -0.39 is 0 Å². The van der Waals surface area contributed by atoms with Gasteiger partial charge in [0.15, 0.2) is 0 Å². The van der Waals surface area contributed by atoms with E-state index in [0.717, 1.165) is 19.0 Å². The summed E-state index contributed by atoms with van der Waals surface area (Å²) in [5.74, 6) is 0.541. The molecule has 0 aromatic heterocycles. The van der Waals surface area contributed by atoms with E-state index in [2.05, 4.69) is 5.32 Å². The van der Waals surface area contributed by atoms with Crippen LogP contribution in [-0.2, 0) is 0 Å². The van der Waals surface area contributed by atoms with Crippen LogP contribution in [0.5, 0.6) is 0 Å². The molecule has 2 rings (SSSR count). The molecule has 2 nitrogen and oxygen atoms in total. The molecule has 2 N–H and O–H groups in total. The highest BCUT2D eigenvalue weighted by Crippen LogP contribution is 2.25. The minimum Gasteiger partial charge on any atom is -0.393 e. The molecule has 0 saturated heterocycles. The first-order valence-electron chi connectivity index (χ1n) is 5.28. The summed E-state index contributed by atoms with van der Waals surface area (Å²) in [5, 5.41) is 13.2. The first kappa shape index (κ1) is 8.52. The fourth-order valence-electron chi connectivity index (χ4n) is 2.03. The van der Waals surface area contributed by atoms with Gasteiger partial charge in [0.1, 0.15) is 0 Å². The second kappa shape index (κ2) is 3.75. The van der Waals surface area contributed by atoms with Crippen LogP contribution in [0, 0.1) is 5.92 Å². The zero-order valence-corrected chi connectivity index (χ0v) is 7.63. The van der Waals surface area contributed by atoms with Crippen molar-refractivity contribution in [1.29, 1.82) is 0 Å². The lowest BCUT2D eigenvalue weighted by Crippen LogP contribution is -2.34. The summed E-state index contributed by atoms with van der Waals surface area (Å²) in [4.78, 5) is 0. The fourth-order valence-corrected chi connectivity index (χ4v) is 2.03. The van der Waals surface area contributed by atoms with Crippen LogP contribution in [0.15, 0.2) is 0 Å². The summed E-state index contributed by atoms with van der Waals surface area (Å²) in [6.07, 6.45) is 7.46. The first-order valence-corrected chi connectivity index (χ1v) is 5.28. The SMILES string of the molecule is OC1CCCCC1CNC1CC1. The van der Waals surface area contributed by atoms with Gasteiger partial charge in [-0.3, -0.25) is 0 Å². The molecule has 0 aliphatic heterocycles. The highest BCUT2D eigenvalue weighted by molar-refractivity contribution is 4.84. The number of rotatable bonds is 3. The standard InChI is InChI=1S/C10H19NO/c12-10-4-2-1-3-8(10)7-11-9-5-6-9/h8-12H,1-7H2. The van der Waals surface area contributed by atoms with Gasteiger partial charge in [-0.2, -0.15) is 0 Å². The van der Waals surface area contributed by atoms with Crippen LogP contribution in [0.3, 0.4) is 0 Å². The summed E-state index contributed by atoms with van der Waals surface area (Å²) < 4.78 is 0. The Morgan fingerprint density at radius 2 is 1.83 bits per heavy atom. The molecule has 0 heterocycles. The maximum Gasteiger partial charge on any atom is 0.0580 e. The number of aliphatic hydroxyl groups is 1. The molecule has 70 valence electrons. The first-order chi connectivity index (χ1) is 5.86. The van der Waals surface area contributed by atoms with Crippen LogP contribution in [0.1, 0.15) is 38.5 Å². The number of nitrogens with one attached hydrogen (secondary N) is 1. The third-order valence-electron chi connectivity index (χ3n) is 3.12. The van der Waals surface area contributed by atoms with Gasteiger partial charge in [0.25, 0.3) is 0 Å². The highest BCUT2D eigenvalue weighted by Gasteiger charge is 2.26. The Hall–Kier alpha value is -0.0800. The van der Waals surface area contributed by atoms with Gasteiger partial charge in [-0.1, -0.05) is 12.8 Å². The normalized spacial score (nSPS) is 36.8. The highest BCUT2D eigenvalue weighted by atomic mass is 16.3. The summed E-state index contributed by atoms with van der Waals surface area (Å²) in [7, 11) is 0. The smallest absolute Gasteiger partial charge is 0.0580 e. The lowest BCUT2D eigenvalue weighted by Gasteiger charge is -2.27. The topological polar surface area (TPSA) is 32.3 Å². The average Bonchev–Trinajstić information content (AvgIpc) is 2.86. The Morgan fingerprint density at radius 3 is 2.50 bits per heavy atom. The Bertz CT molecular complexity index is 145. The maximum atomic E-state index is 9.66. The Balaban J connectivity index is 1.68. The second-order valence-corrected chi connectivity index (χ2v) is 4.29. The van der Waals surface area contributed by atoms with E-state index in [4.69, 9.17) is 0 Å². The Morgan fingerprint density at radius 1 is 1.08 bits per heavy atom. The van der Waals surface area contributed by atoms with Crippen molar-refractivity contribution < 1.29 is 5.11 Å². The van der Waals surface area contributed by atoms with E-state index in [0.29, 0.717) is 5.92 Å². The van der Waals surface area contributed by atoms with Crippen LogP contribution in [0.25, 0.3) is 0 Å². The summed E-state index contributed by atoms with van der Waals surface area (Å²) in [5.41, 5.74) is 0. The van der Waals surface area contributed by atoms with Gasteiger partial charge >= 0.3 is 0 Å². The second-order valence-electron chi connectivity index (χ2n) is 4.29. The summed E-state index contributed by atoms with van der Waals surface area (Å²) in [6, 6.07) is 0.791. The van der Waals surface area contributed by atoms with Crippen LogP contribution in [0.2, 0.25) is 0 Å². The van der Waals surface area contributed by atoms with Crippen LogP contribution < -0.4 is 5.32 Å². The molecular weight excluding hydrogens is 150 g/mol. The molecule has 0 bridgehead atoms. The lowest BCUT2D eigenvalue weighted by atomic mass is 9.86. The molecular formula is C10H19NO. The molecule has 0 spiro atoms. The van der Waals surface area contributed by atoms with Crippen molar-refractivity contribution in [1.82, 2.24) is 5.32 Å². The van der Waals surface area contributed by atoms with Crippen molar-refractivity contribution >= 4 is 0 Å². The molecule has 0 radical (unpaired) electrons. The monoisotopic (exact) mass is 169 g/mol. The molecule has 0 aromatic rings. The molecule has 0 amide bonds. The zero-order chi connectivity index (χ0) is 8.39. The van der Waals surface area contributed by atoms with E-state index in [-0.39, 0.29) is 6.10 Å². The van der Waals surface area contributed by atoms with Gasteiger partial charge in [0.05, 0.1) is 6.10 Å². The lowest BCUT2D eigenvalue weighted by molar-refractivity contribution is 0.0695. The van der Waals surface area contributed by atoms with Crippen molar-refractivity contribution in [3.8, 4) is 0 Å².